The number of hydrogen-bond acceptors (Lipinski definition) is 3. The summed E-state index contributed by atoms with van der Waals surface area (Å²) in [7, 11) is 4.12. The van der Waals surface area contributed by atoms with E-state index in [0.717, 1.165) is 30.8 Å². The summed E-state index contributed by atoms with van der Waals surface area (Å²) < 4.78 is 0. The first-order valence-electron chi connectivity index (χ1n) is 5.67. The van der Waals surface area contributed by atoms with E-state index in [4.69, 9.17) is 0 Å². The van der Waals surface area contributed by atoms with Gasteiger partial charge >= 0.3 is 0 Å². The summed E-state index contributed by atoms with van der Waals surface area (Å²) in [6, 6.07) is 4.25. The molecule has 3 nitrogen and oxygen atoms in total. The quantitative estimate of drug-likeness (QED) is 0.803. The number of likely N-dealkylation sites (tertiary alicyclic amines) is 1. The predicted octanol–water partition coefficient (Wildman–Crippen LogP) is 1.91. The highest BCUT2D eigenvalue weighted by molar-refractivity contribution is 7.12. The first kappa shape index (κ1) is 11.6. The van der Waals surface area contributed by atoms with Crippen LogP contribution < -0.4 is 0 Å². The molecule has 1 aromatic rings. The van der Waals surface area contributed by atoms with Crippen molar-refractivity contribution in [3.8, 4) is 0 Å². The molecule has 0 N–H and O–H groups in total. The van der Waals surface area contributed by atoms with Crippen LogP contribution >= 0.6 is 11.3 Å². The predicted molar refractivity (Wildman–Crippen MR) is 66.9 cm³/mol. The monoisotopic (exact) mass is 238 g/mol. The van der Waals surface area contributed by atoms with Gasteiger partial charge in [0.1, 0.15) is 0 Å². The molecule has 0 radical (unpaired) electrons. The Labute approximate surface area is 101 Å². The van der Waals surface area contributed by atoms with Crippen LogP contribution in [0.25, 0.3) is 0 Å². The third-order valence-corrected chi connectivity index (χ3v) is 3.80. The van der Waals surface area contributed by atoms with Gasteiger partial charge in [0.15, 0.2) is 0 Å². The second-order valence-corrected chi connectivity index (χ2v) is 5.48. The van der Waals surface area contributed by atoms with E-state index in [1.807, 2.05) is 22.4 Å². The smallest absolute Gasteiger partial charge is 0.264 e. The Balaban J connectivity index is 2.05. The standard InChI is InChI=1S/C12H18N2OS/c1-13(2)9-10-5-3-7-14(10)12(15)11-6-4-8-16-11/h4,6,8,10H,3,5,7,9H2,1-2H3. The van der Waals surface area contributed by atoms with Crippen molar-refractivity contribution in [1.82, 2.24) is 9.80 Å². The van der Waals surface area contributed by atoms with Crippen LogP contribution in [0.15, 0.2) is 17.5 Å². The molecule has 1 aliphatic rings. The molecule has 1 saturated heterocycles. The summed E-state index contributed by atoms with van der Waals surface area (Å²) in [5, 5.41) is 1.96. The molecule has 1 fully saturated rings. The van der Waals surface area contributed by atoms with E-state index < -0.39 is 0 Å². The second-order valence-electron chi connectivity index (χ2n) is 4.53. The van der Waals surface area contributed by atoms with Gasteiger partial charge in [-0.3, -0.25) is 4.79 Å². The van der Waals surface area contributed by atoms with E-state index in [0.29, 0.717) is 6.04 Å². The zero-order valence-corrected chi connectivity index (χ0v) is 10.7. The van der Waals surface area contributed by atoms with Crippen LogP contribution in [0.4, 0.5) is 0 Å². The molecule has 2 heterocycles. The molecule has 0 saturated carbocycles. The lowest BCUT2D eigenvalue weighted by Crippen LogP contribution is -2.41. The number of thiophene rings is 1. The lowest BCUT2D eigenvalue weighted by Gasteiger charge is -2.26. The summed E-state index contributed by atoms with van der Waals surface area (Å²) in [5.74, 6) is 0.208. The molecule has 1 aromatic heterocycles. The van der Waals surface area contributed by atoms with Crippen LogP contribution in [0.2, 0.25) is 0 Å². The first-order valence-corrected chi connectivity index (χ1v) is 6.55. The maximum absolute atomic E-state index is 12.2. The number of likely N-dealkylation sites (N-methyl/N-ethyl adjacent to an activating group) is 1. The normalized spacial score (nSPS) is 20.7. The van der Waals surface area contributed by atoms with E-state index in [-0.39, 0.29) is 5.91 Å². The van der Waals surface area contributed by atoms with Gasteiger partial charge in [0.25, 0.3) is 5.91 Å². The van der Waals surface area contributed by atoms with Gasteiger partial charge in [0.2, 0.25) is 0 Å². The summed E-state index contributed by atoms with van der Waals surface area (Å²) in [5.41, 5.74) is 0. The molecule has 1 amide bonds. The number of amides is 1. The molecular weight excluding hydrogens is 220 g/mol. The second kappa shape index (κ2) is 4.97. The van der Waals surface area contributed by atoms with Crippen molar-refractivity contribution < 1.29 is 4.79 Å². The maximum Gasteiger partial charge on any atom is 0.264 e. The van der Waals surface area contributed by atoms with Crippen molar-refractivity contribution in [2.24, 2.45) is 0 Å². The highest BCUT2D eigenvalue weighted by Gasteiger charge is 2.29. The zero-order valence-electron chi connectivity index (χ0n) is 9.85. The molecular formula is C12H18N2OS. The lowest BCUT2D eigenvalue weighted by atomic mass is 10.2. The van der Waals surface area contributed by atoms with Gasteiger partial charge in [0, 0.05) is 19.1 Å². The number of nitrogens with zero attached hydrogens (tertiary/aromatic N) is 2. The third kappa shape index (κ3) is 2.44. The van der Waals surface area contributed by atoms with Gasteiger partial charge in [0.05, 0.1) is 4.88 Å². The van der Waals surface area contributed by atoms with Crippen molar-refractivity contribution in [3.63, 3.8) is 0 Å². The highest BCUT2D eigenvalue weighted by atomic mass is 32.1. The van der Waals surface area contributed by atoms with Crippen molar-refractivity contribution in [3.05, 3.63) is 22.4 Å². The van der Waals surface area contributed by atoms with Crippen LogP contribution in [-0.2, 0) is 0 Å². The van der Waals surface area contributed by atoms with Crippen LogP contribution in [0.3, 0.4) is 0 Å². The van der Waals surface area contributed by atoms with Gasteiger partial charge in [-0.2, -0.15) is 0 Å². The Morgan fingerprint density at radius 2 is 2.44 bits per heavy atom. The molecule has 1 atom stereocenters. The number of carbonyl (C=O) groups excluding carboxylic acids is 1. The number of carbonyl (C=O) groups is 1. The fraction of sp³-hybridized carbons (Fsp3) is 0.583. The molecule has 0 spiro atoms. The van der Waals surface area contributed by atoms with Gasteiger partial charge in [-0.25, -0.2) is 0 Å². The largest absolute Gasteiger partial charge is 0.334 e. The SMILES string of the molecule is CN(C)CC1CCCN1C(=O)c1cccs1. The van der Waals surface area contributed by atoms with Crippen molar-refractivity contribution >= 4 is 17.2 Å². The van der Waals surface area contributed by atoms with Gasteiger partial charge in [-0.05, 0) is 38.4 Å². The molecule has 2 rings (SSSR count). The summed E-state index contributed by atoms with van der Waals surface area (Å²) in [6.45, 7) is 1.88. The van der Waals surface area contributed by atoms with E-state index >= 15 is 0 Å². The minimum atomic E-state index is 0.208. The topological polar surface area (TPSA) is 23.6 Å². The fourth-order valence-electron chi connectivity index (χ4n) is 2.26. The summed E-state index contributed by atoms with van der Waals surface area (Å²) in [6.07, 6.45) is 2.27. The Hall–Kier alpha value is -0.870. The van der Waals surface area contributed by atoms with Crippen LogP contribution in [-0.4, -0.2) is 48.9 Å². The van der Waals surface area contributed by atoms with E-state index in [9.17, 15) is 4.79 Å². The first-order chi connectivity index (χ1) is 7.68. The van der Waals surface area contributed by atoms with Crippen LogP contribution in [0, 0.1) is 0 Å². The average molecular weight is 238 g/mol. The number of rotatable bonds is 3. The molecule has 0 aliphatic carbocycles. The van der Waals surface area contributed by atoms with Crippen molar-refractivity contribution in [1.29, 1.82) is 0 Å². The van der Waals surface area contributed by atoms with Gasteiger partial charge in [-0.1, -0.05) is 6.07 Å². The van der Waals surface area contributed by atoms with Gasteiger partial charge in [-0.15, -0.1) is 11.3 Å². The minimum Gasteiger partial charge on any atom is -0.334 e. The Kier molecular flexibility index (Phi) is 3.61. The molecule has 1 unspecified atom stereocenters. The molecule has 0 bridgehead atoms. The average Bonchev–Trinajstić information content (AvgIpc) is 2.84. The van der Waals surface area contributed by atoms with E-state index in [2.05, 4.69) is 19.0 Å². The summed E-state index contributed by atoms with van der Waals surface area (Å²) in [4.78, 5) is 17.3. The molecule has 88 valence electrons. The lowest BCUT2D eigenvalue weighted by molar-refractivity contribution is 0.0721. The number of hydrogen-bond donors (Lipinski definition) is 0. The van der Waals surface area contributed by atoms with Crippen molar-refractivity contribution in [2.45, 2.75) is 18.9 Å². The van der Waals surface area contributed by atoms with Crippen molar-refractivity contribution in [2.75, 3.05) is 27.2 Å². The van der Waals surface area contributed by atoms with E-state index in [1.54, 1.807) is 0 Å². The Morgan fingerprint density at radius 1 is 1.62 bits per heavy atom. The molecule has 1 aliphatic heterocycles. The highest BCUT2D eigenvalue weighted by Crippen LogP contribution is 2.22. The van der Waals surface area contributed by atoms with E-state index in [1.165, 1.54) is 11.3 Å². The van der Waals surface area contributed by atoms with Crippen LogP contribution in [0.5, 0.6) is 0 Å². The fourth-order valence-corrected chi connectivity index (χ4v) is 2.94. The molecule has 0 aromatic carbocycles. The molecule has 4 heteroatoms. The third-order valence-electron chi connectivity index (χ3n) is 2.95. The van der Waals surface area contributed by atoms with Gasteiger partial charge < -0.3 is 9.80 Å². The molecule has 16 heavy (non-hydrogen) atoms. The zero-order chi connectivity index (χ0) is 11.5. The van der Waals surface area contributed by atoms with Crippen LogP contribution in [0.1, 0.15) is 22.5 Å². The summed E-state index contributed by atoms with van der Waals surface area (Å²) >= 11 is 1.53. The Morgan fingerprint density at radius 3 is 3.06 bits per heavy atom. The minimum absolute atomic E-state index is 0.208. The maximum atomic E-state index is 12.2. The Bertz CT molecular complexity index is 348.